The molecule has 0 amide bonds. The lowest BCUT2D eigenvalue weighted by atomic mass is 10.0. The van der Waals surface area contributed by atoms with Crippen molar-refractivity contribution in [2.45, 2.75) is 25.1 Å². The van der Waals surface area contributed by atoms with Crippen molar-refractivity contribution in [1.29, 1.82) is 0 Å². The predicted molar refractivity (Wildman–Crippen MR) is 57.8 cm³/mol. The first-order valence-corrected chi connectivity index (χ1v) is 4.99. The van der Waals surface area contributed by atoms with E-state index in [0.29, 0.717) is 18.4 Å². The van der Waals surface area contributed by atoms with Gasteiger partial charge in [-0.1, -0.05) is 18.2 Å². The third kappa shape index (κ3) is 3.38. The smallest absolute Gasteiger partial charge is 0.324 e. The molecule has 2 N–H and O–H groups in total. The van der Waals surface area contributed by atoms with Gasteiger partial charge in [0.1, 0.15) is 0 Å². The predicted octanol–water partition coefficient (Wildman–Crippen LogP) is 3.67. The lowest BCUT2D eigenvalue weighted by molar-refractivity contribution is -0.137. The maximum atomic E-state index is 12.4. The Balaban J connectivity index is 2.85. The van der Waals surface area contributed by atoms with Crippen molar-refractivity contribution in [2.24, 2.45) is 5.73 Å². The van der Waals surface area contributed by atoms with Crippen LogP contribution in [0.3, 0.4) is 0 Å². The highest BCUT2D eigenvalue weighted by atomic mass is 19.4. The van der Waals surface area contributed by atoms with Crippen molar-refractivity contribution >= 4 is 0 Å². The molecule has 0 spiro atoms. The van der Waals surface area contributed by atoms with E-state index in [1.54, 1.807) is 12.1 Å². The van der Waals surface area contributed by atoms with Crippen molar-refractivity contribution in [2.75, 3.05) is 0 Å². The molecule has 0 aromatic heterocycles. The van der Waals surface area contributed by atoms with Crippen LogP contribution in [0.1, 0.15) is 30.0 Å². The van der Waals surface area contributed by atoms with Gasteiger partial charge in [-0.2, -0.15) is 13.2 Å². The topological polar surface area (TPSA) is 26.0 Å². The van der Waals surface area contributed by atoms with Gasteiger partial charge in [0.2, 0.25) is 0 Å². The Morgan fingerprint density at radius 1 is 1.38 bits per heavy atom. The highest BCUT2D eigenvalue weighted by Crippen LogP contribution is 2.30. The minimum atomic E-state index is -4.31. The number of rotatable bonds is 4. The van der Waals surface area contributed by atoms with E-state index in [1.807, 2.05) is 0 Å². The molecule has 1 atom stereocenters. The van der Waals surface area contributed by atoms with Crippen LogP contribution >= 0.6 is 0 Å². The van der Waals surface area contributed by atoms with Gasteiger partial charge >= 0.3 is 6.18 Å². The lowest BCUT2D eigenvalue weighted by Gasteiger charge is -2.13. The first-order chi connectivity index (χ1) is 7.45. The molecule has 0 unspecified atom stereocenters. The van der Waals surface area contributed by atoms with Crippen LogP contribution in [0, 0.1) is 0 Å². The van der Waals surface area contributed by atoms with Crippen molar-refractivity contribution < 1.29 is 13.2 Å². The van der Waals surface area contributed by atoms with Gasteiger partial charge in [0.15, 0.2) is 0 Å². The Morgan fingerprint density at radius 3 is 2.62 bits per heavy atom. The Hall–Kier alpha value is -1.29. The highest BCUT2D eigenvalue weighted by Gasteiger charge is 2.30. The fraction of sp³-hybridized carbons (Fsp3) is 0.333. The van der Waals surface area contributed by atoms with Gasteiger partial charge in [0, 0.05) is 6.04 Å². The molecule has 0 aliphatic rings. The monoisotopic (exact) mass is 229 g/mol. The molecule has 0 saturated carbocycles. The summed E-state index contributed by atoms with van der Waals surface area (Å²) in [6.07, 6.45) is -1.32. The fourth-order valence-electron chi connectivity index (χ4n) is 1.41. The number of nitrogens with two attached hydrogens (primary N) is 1. The summed E-state index contributed by atoms with van der Waals surface area (Å²) in [6.45, 7) is 3.55. The van der Waals surface area contributed by atoms with E-state index in [0.717, 1.165) is 12.1 Å². The number of alkyl halides is 3. The summed E-state index contributed by atoms with van der Waals surface area (Å²) >= 11 is 0. The van der Waals surface area contributed by atoms with E-state index in [9.17, 15) is 13.2 Å². The molecule has 0 saturated heterocycles. The van der Waals surface area contributed by atoms with E-state index < -0.39 is 11.7 Å². The number of halogens is 3. The van der Waals surface area contributed by atoms with E-state index in [1.165, 1.54) is 6.07 Å². The van der Waals surface area contributed by atoms with Gasteiger partial charge in [-0.3, -0.25) is 0 Å². The zero-order valence-electron chi connectivity index (χ0n) is 8.80. The third-order valence-corrected chi connectivity index (χ3v) is 2.32. The second-order valence-electron chi connectivity index (χ2n) is 3.60. The average molecular weight is 229 g/mol. The zero-order valence-corrected chi connectivity index (χ0v) is 8.80. The van der Waals surface area contributed by atoms with Crippen molar-refractivity contribution in [1.82, 2.24) is 0 Å². The van der Waals surface area contributed by atoms with Crippen LogP contribution in [0.5, 0.6) is 0 Å². The molecule has 4 heteroatoms. The van der Waals surface area contributed by atoms with Crippen LogP contribution in [-0.2, 0) is 6.18 Å². The van der Waals surface area contributed by atoms with Crippen LogP contribution in [0.4, 0.5) is 13.2 Å². The minimum absolute atomic E-state index is 0.375. The molecule has 88 valence electrons. The SMILES string of the molecule is C=CCC[C@@H](N)c1cccc(C(F)(F)F)c1. The molecule has 1 rings (SSSR count). The normalized spacial score (nSPS) is 13.5. The second kappa shape index (κ2) is 5.16. The molecular formula is C12H14F3N. The van der Waals surface area contributed by atoms with Crippen LogP contribution in [0.25, 0.3) is 0 Å². The molecule has 0 fully saturated rings. The Labute approximate surface area is 92.8 Å². The molecular weight excluding hydrogens is 215 g/mol. The van der Waals surface area contributed by atoms with Crippen LogP contribution in [0.15, 0.2) is 36.9 Å². The zero-order chi connectivity index (χ0) is 12.2. The molecule has 1 nitrogen and oxygen atoms in total. The summed E-state index contributed by atoms with van der Waals surface area (Å²) in [5.41, 5.74) is 5.64. The van der Waals surface area contributed by atoms with Crippen LogP contribution in [-0.4, -0.2) is 0 Å². The van der Waals surface area contributed by atoms with E-state index >= 15 is 0 Å². The summed E-state index contributed by atoms with van der Waals surface area (Å²) in [6, 6.07) is 4.77. The Morgan fingerprint density at radius 2 is 2.06 bits per heavy atom. The van der Waals surface area contributed by atoms with Gasteiger partial charge in [-0.15, -0.1) is 6.58 Å². The van der Waals surface area contributed by atoms with Crippen LogP contribution < -0.4 is 5.73 Å². The van der Waals surface area contributed by atoms with E-state index in [-0.39, 0.29) is 6.04 Å². The van der Waals surface area contributed by atoms with Gasteiger partial charge in [-0.05, 0) is 30.5 Å². The largest absolute Gasteiger partial charge is 0.416 e. The molecule has 0 heterocycles. The van der Waals surface area contributed by atoms with Gasteiger partial charge < -0.3 is 5.73 Å². The quantitative estimate of drug-likeness (QED) is 0.783. The molecule has 1 aromatic carbocycles. The van der Waals surface area contributed by atoms with E-state index in [2.05, 4.69) is 6.58 Å². The first kappa shape index (κ1) is 12.8. The second-order valence-corrected chi connectivity index (χ2v) is 3.60. The van der Waals surface area contributed by atoms with Crippen molar-refractivity contribution in [3.05, 3.63) is 48.0 Å². The number of hydrogen-bond acceptors (Lipinski definition) is 1. The number of benzene rings is 1. The maximum Gasteiger partial charge on any atom is 0.416 e. The summed E-state index contributed by atoms with van der Waals surface area (Å²) in [7, 11) is 0. The van der Waals surface area contributed by atoms with E-state index in [4.69, 9.17) is 5.73 Å². The van der Waals surface area contributed by atoms with Gasteiger partial charge in [0.25, 0.3) is 0 Å². The lowest BCUT2D eigenvalue weighted by Crippen LogP contribution is -2.12. The number of hydrogen-bond donors (Lipinski definition) is 1. The average Bonchev–Trinajstić information content (AvgIpc) is 2.25. The first-order valence-electron chi connectivity index (χ1n) is 4.99. The summed E-state index contributed by atoms with van der Waals surface area (Å²) in [5, 5.41) is 0. The summed E-state index contributed by atoms with van der Waals surface area (Å²) in [5.74, 6) is 0. The Bertz CT molecular complexity index is 358. The molecule has 0 bridgehead atoms. The fourth-order valence-corrected chi connectivity index (χ4v) is 1.41. The molecule has 0 aliphatic heterocycles. The summed E-state index contributed by atoms with van der Waals surface area (Å²) < 4.78 is 37.3. The highest BCUT2D eigenvalue weighted by molar-refractivity contribution is 5.27. The van der Waals surface area contributed by atoms with Crippen molar-refractivity contribution in [3.8, 4) is 0 Å². The third-order valence-electron chi connectivity index (χ3n) is 2.32. The van der Waals surface area contributed by atoms with Crippen LogP contribution in [0.2, 0.25) is 0 Å². The standard InChI is InChI=1S/C12H14F3N/c1-2-3-7-11(16)9-5-4-6-10(8-9)12(13,14)15/h2,4-6,8,11H,1,3,7,16H2/t11-/m1/s1. The molecule has 16 heavy (non-hydrogen) atoms. The van der Waals surface area contributed by atoms with Crippen molar-refractivity contribution in [3.63, 3.8) is 0 Å². The Kier molecular flexibility index (Phi) is 4.12. The molecule has 0 aliphatic carbocycles. The van der Waals surface area contributed by atoms with Gasteiger partial charge in [-0.25, -0.2) is 0 Å². The molecule has 1 aromatic rings. The maximum absolute atomic E-state index is 12.4. The minimum Gasteiger partial charge on any atom is -0.324 e. The summed E-state index contributed by atoms with van der Waals surface area (Å²) in [4.78, 5) is 0. The van der Waals surface area contributed by atoms with Gasteiger partial charge in [0.05, 0.1) is 5.56 Å². The molecule has 0 radical (unpaired) electrons. The number of allylic oxidation sites excluding steroid dienone is 1.